The number of amides is 1. The van der Waals surface area contributed by atoms with Gasteiger partial charge in [-0.05, 0) is 31.4 Å². The number of rotatable bonds is 7. The zero-order chi connectivity index (χ0) is 26.9. The summed E-state index contributed by atoms with van der Waals surface area (Å²) in [5.74, 6) is -1.24. The molecular formula is C26H27F2N7O2S. The second-order valence-electron chi connectivity index (χ2n) is 9.43. The van der Waals surface area contributed by atoms with Gasteiger partial charge in [0, 0.05) is 49.4 Å². The molecular weight excluding hydrogens is 512 g/mol. The van der Waals surface area contributed by atoms with Crippen LogP contribution < -0.4 is 0 Å². The van der Waals surface area contributed by atoms with Gasteiger partial charge in [-0.1, -0.05) is 35.9 Å². The molecule has 0 spiro atoms. The Balaban J connectivity index is 1.30. The highest BCUT2D eigenvalue weighted by atomic mass is 32.1. The molecule has 1 fully saturated rings. The summed E-state index contributed by atoms with van der Waals surface area (Å²) in [6.07, 6.45) is 2.76. The lowest BCUT2D eigenvalue weighted by molar-refractivity contribution is -0.0719. The van der Waals surface area contributed by atoms with E-state index in [1.807, 2.05) is 36.1 Å². The standard InChI is InChI=1S/C26H27F2N7O2S/c1-17-3-5-19(6-4-17)23-31-24(38-32-23)25(36)34-11-9-33(10-12-34)18(2)26(37,14-35-16-29-15-30-35)21-8-7-20(27)13-22(21)28/h3-8,13,15-16,18,37H,9-12,14H2,1-2H3. The number of halogens is 2. The van der Waals surface area contributed by atoms with E-state index >= 15 is 0 Å². The topological polar surface area (TPSA) is 100 Å². The Hall–Kier alpha value is -3.61. The fourth-order valence-corrected chi connectivity index (χ4v) is 5.38. The van der Waals surface area contributed by atoms with Crippen LogP contribution in [0.3, 0.4) is 0 Å². The summed E-state index contributed by atoms with van der Waals surface area (Å²) in [4.78, 5) is 25.2. The maximum absolute atomic E-state index is 14.9. The van der Waals surface area contributed by atoms with Crippen LogP contribution >= 0.6 is 11.5 Å². The first-order chi connectivity index (χ1) is 18.2. The molecule has 2 aromatic heterocycles. The summed E-state index contributed by atoms with van der Waals surface area (Å²) in [6, 6.07) is 10.4. The van der Waals surface area contributed by atoms with Gasteiger partial charge in [-0.15, -0.1) is 0 Å². The van der Waals surface area contributed by atoms with Crippen molar-refractivity contribution < 1.29 is 18.7 Å². The summed E-state index contributed by atoms with van der Waals surface area (Å²) < 4.78 is 34.3. The molecule has 0 saturated carbocycles. The lowest BCUT2D eigenvalue weighted by atomic mass is 9.85. The van der Waals surface area contributed by atoms with Gasteiger partial charge in [0.2, 0.25) is 5.01 Å². The molecule has 1 amide bonds. The van der Waals surface area contributed by atoms with Crippen molar-refractivity contribution in [1.29, 1.82) is 0 Å². The summed E-state index contributed by atoms with van der Waals surface area (Å²) in [5, 5.41) is 16.2. The highest BCUT2D eigenvalue weighted by Gasteiger charge is 2.43. The van der Waals surface area contributed by atoms with Gasteiger partial charge in [0.1, 0.15) is 29.9 Å². The summed E-state index contributed by atoms with van der Waals surface area (Å²) >= 11 is 1.07. The number of aryl methyl sites for hydroxylation is 1. The first kappa shape index (κ1) is 26.0. The first-order valence-corrected chi connectivity index (χ1v) is 13.0. The van der Waals surface area contributed by atoms with E-state index < -0.39 is 23.3 Å². The van der Waals surface area contributed by atoms with E-state index in [9.17, 15) is 18.7 Å². The highest BCUT2D eigenvalue weighted by Crippen LogP contribution is 2.33. The van der Waals surface area contributed by atoms with Crippen LogP contribution in [-0.2, 0) is 12.1 Å². The van der Waals surface area contributed by atoms with E-state index in [1.54, 1.807) is 11.8 Å². The fourth-order valence-electron chi connectivity index (χ4n) is 4.72. The molecule has 12 heteroatoms. The minimum Gasteiger partial charge on any atom is -0.381 e. The molecule has 1 N–H and O–H groups in total. The second kappa shape index (κ2) is 10.6. The van der Waals surface area contributed by atoms with Crippen LogP contribution in [0.5, 0.6) is 0 Å². The molecule has 4 aromatic rings. The zero-order valence-corrected chi connectivity index (χ0v) is 21.8. The number of hydrogen-bond donors (Lipinski definition) is 1. The molecule has 0 radical (unpaired) electrons. The number of carbonyl (C=O) groups is 1. The number of carbonyl (C=O) groups excluding carboxylic acids is 1. The number of aromatic nitrogens is 5. The Kier molecular flexibility index (Phi) is 7.28. The monoisotopic (exact) mass is 539 g/mol. The minimum atomic E-state index is -1.74. The molecule has 2 unspecified atom stereocenters. The predicted octanol–water partition coefficient (Wildman–Crippen LogP) is 3.12. The van der Waals surface area contributed by atoms with Crippen molar-refractivity contribution in [2.45, 2.75) is 32.0 Å². The maximum Gasteiger partial charge on any atom is 0.284 e. The van der Waals surface area contributed by atoms with E-state index in [0.717, 1.165) is 34.8 Å². The molecule has 2 aromatic carbocycles. The fraction of sp³-hybridized carbons (Fsp3) is 0.346. The Morgan fingerprint density at radius 2 is 1.87 bits per heavy atom. The zero-order valence-electron chi connectivity index (χ0n) is 21.0. The van der Waals surface area contributed by atoms with Gasteiger partial charge in [-0.2, -0.15) is 9.47 Å². The third-order valence-electron chi connectivity index (χ3n) is 7.03. The molecule has 9 nitrogen and oxygen atoms in total. The Labute approximate surface area is 222 Å². The molecule has 0 aliphatic carbocycles. The van der Waals surface area contributed by atoms with Crippen molar-refractivity contribution in [3.63, 3.8) is 0 Å². The quantitative estimate of drug-likeness (QED) is 0.385. The molecule has 0 bridgehead atoms. The number of hydrogen-bond acceptors (Lipinski definition) is 8. The molecule has 2 atom stereocenters. The number of aliphatic hydroxyl groups is 1. The summed E-state index contributed by atoms with van der Waals surface area (Å²) in [6.45, 7) is 5.39. The third kappa shape index (κ3) is 5.19. The van der Waals surface area contributed by atoms with Gasteiger partial charge in [-0.3, -0.25) is 9.69 Å². The molecule has 5 rings (SSSR count). The summed E-state index contributed by atoms with van der Waals surface area (Å²) in [5.41, 5.74) is 0.213. The van der Waals surface area contributed by atoms with Crippen molar-refractivity contribution in [3.05, 3.63) is 82.9 Å². The van der Waals surface area contributed by atoms with Crippen LogP contribution in [0.15, 0.2) is 55.1 Å². The van der Waals surface area contributed by atoms with Crippen molar-refractivity contribution in [3.8, 4) is 11.4 Å². The SMILES string of the molecule is Cc1ccc(-c2nsc(C(=O)N3CCN(C(C)C(O)(Cn4cncn4)c4ccc(F)cc4F)CC3)n2)cc1. The van der Waals surface area contributed by atoms with Crippen molar-refractivity contribution >= 4 is 17.4 Å². The maximum atomic E-state index is 14.9. The average Bonchev–Trinajstić information content (AvgIpc) is 3.61. The Morgan fingerprint density at radius 1 is 1.13 bits per heavy atom. The minimum absolute atomic E-state index is 0.0297. The normalized spacial score (nSPS) is 16.8. The smallest absolute Gasteiger partial charge is 0.284 e. The molecule has 198 valence electrons. The van der Waals surface area contributed by atoms with E-state index in [4.69, 9.17) is 0 Å². The van der Waals surface area contributed by atoms with Crippen LogP contribution in [0.4, 0.5) is 8.78 Å². The van der Waals surface area contributed by atoms with Crippen molar-refractivity contribution in [2.24, 2.45) is 0 Å². The van der Waals surface area contributed by atoms with Crippen molar-refractivity contribution in [2.75, 3.05) is 26.2 Å². The molecule has 3 heterocycles. The van der Waals surface area contributed by atoms with E-state index in [2.05, 4.69) is 19.4 Å². The van der Waals surface area contributed by atoms with E-state index in [1.165, 1.54) is 23.4 Å². The van der Waals surface area contributed by atoms with Gasteiger partial charge in [0.25, 0.3) is 5.91 Å². The Bertz CT molecular complexity index is 1410. The first-order valence-electron chi connectivity index (χ1n) is 12.2. The molecule has 1 saturated heterocycles. The largest absolute Gasteiger partial charge is 0.381 e. The van der Waals surface area contributed by atoms with Gasteiger partial charge in [-0.25, -0.2) is 23.4 Å². The lowest BCUT2D eigenvalue weighted by Gasteiger charge is -2.44. The molecule has 38 heavy (non-hydrogen) atoms. The lowest BCUT2D eigenvalue weighted by Crippen LogP contribution is -2.58. The van der Waals surface area contributed by atoms with Crippen LogP contribution in [0.2, 0.25) is 0 Å². The second-order valence-corrected chi connectivity index (χ2v) is 10.2. The van der Waals surface area contributed by atoms with Gasteiger partial charge < -0.3 is 10.0 Å². The van der Waals surface area contributed by atoms with Crippen LogP contribution in [0.25, 0.3) is 11.4 Å². The van der Waals surface area contributed by atoms with Crippen LogP contribution in [0.1, 0.15) is 27.9 Å². The number of nitrogens with zero attached hydrogens (tertiary/aromatic N) is 7. The van der Waals surface area contributed by atoms with E-state index in [-0.39, 0.29) is 18.0 Å². The average molecular weight is 540 g/mol. The van der Waals surface area contributed by atoms with Crippen molar-refractivity contribution in [1.82, 2.24) is 33.9 Å². The van der Waals surface area contributed by atoms with Crippen LogP contribution in [0, 0.1) is 18.6 Å². The number of piperazine rings is 1. The molecule has 1 aliphatic rings. The summed E-state index contributed by atoms with van der Waals surface area (Å²) in [7, 11) is 0. The third-order valence-corrected chi connectivity index (χ3v) is 7.73. The van der Waals surface area contributed by atoms with Crippen LogP contribution in [-0.4, -0.2) is 77.2 Å². The predicted molar refractivity (Wildman–Crippen MR) is 137 cm³/mol. The molecule has 1 aliphatic heterocycles. The van der Waals surface area contributed by atoms with Gasteiger partial charge >= 0.3 is 0 Å². The highest BCUT2D eigenvalue weighted by molar-refractivity contribution is 7.07. The van der Waals surface area contributed by atoms with E-state index in [0.29, 0.717) is 37.0 Å². The van der Waals surface area contributed by atoms with Gasteiger partial charge in [0.05, 0.1) is 6.54 Å². The Morgan fingerprint density at radius 3 is 2.53 bits per heavy atom. The van der Waals surface area contributed by atoms with Gasteiger partial charge in [0.15, 0.2) is 5.82 Å². The number of benzene rings is 2.